The summed E-state index contributed by atoms with van der Waals surface area (Å²) in [6, 6.07) is 19.7. The maximum absolute atomic E-state index is 13.5. The number of anilines is 3. The molecule has 2 heterocycles. The Morgan fingerprint density at radius 2 is 1.57 bits per heavy atom. The molecule has 2 aliphatic heterocycles. The fourth-order valence-corrected chi connectivity index (χ4v) is 6.36. The smallest absolute Gasteiger partial charge is 0.335 e. The van der Waals surface area contributed by atoms with Gasteiger partial charge in [-0.1, -0.05) is 20.8 Å². The van der Waals surface area contributed by atoms with Crippen molar-refractivity contribution in [1.29, 1.82) is 0 Å². The molecule has 3 N–H and O–H groups in total. The van der Waals surface area contributed by atoms with Crippen LogP contribution in [0.1, 0.15) is 42.3 Å². The van der Waals surface area contributed by atoms with Crippen molar-refractivity contribution in [3.8, 4) is 5.75 Å². The SMILES string of the molecule is CN1CCN(CC(=O)N(C)c2ccc(NC(=C3C(=O)Nc4ccc(C(=O)O)cc43)c3ccc(O[Si](C)(C)C(C)(C)C)cc3)cc2)CC1. The summed E-state index contributed by atoms with van der Waals surface area (Å²) >= 11 is 0. The van der Waals surface area contributed by atoms with Gasteiger partial charge >= 0.3 is 5.97 Å². The summed E-state index contributed by atoms with van der Waals surface area (Å²) in [5.41, 5.74) is 4.19. The summed E-state index contributed by atoms with van der Waals surface area (Å²) in [6.07, 6.45) is 0. The number of aromatic carboxylic acids is 1. The molecule has 2 aliphatic rings. The first-order valence-electron chi connectivity index (χ1n) is 15.9. The molecule has 1 saturated heterocycles. The minimum atomic E-state index is -2.07. The fraction of sp³-hybridized carbons (Fsp3) is 0.361. The summed E-state index contributed by atoms with van der Waals surface area (Å²) in [5, 5.41) is 16.0. The summed E-state index contributed by atoms with van der Waals surface area (Å²) in [7, 11) is 1.80. The number of amides is 2. The molecule has 5 rings (SSSR count). The van der Waals surface area contributed by atoms with Crippen LogP contribution in [-0.2, 0) is 9.59 Å². The predicted octanol–water partition coefficient (Wildman–Crippen LogP) is 5.91. The van der Waals surface area contributed by atoms with Crippen molar-refractivity contribution in [3.05, 3.63) is 83.4 Å². The minimum Gasteiger partial charge on any atom is -0.544 e. The molecule has 0 saturated carbocycles. The maximum Gasteiger partial charge on any atom is 0.335 e. The summed E-state index contributed by atoms with van der Waals surface area (Å²) in [6.45, 7) is 14.9. The third kappa shape index (κ3) is 7.59. The monoisotopic (exact) mass is 655 g/mol. The second kappa shape index (κ2) is 13.3. The van der Waals surface area contributed by atoms with Gasteiger partial charge in [-0.3, -0.25) is 14.5 Å². The van der Waals surface area contributed by atoms with E-state index >= 15 is 0 Å². The van der Waals surface area contributed by atoms with Gasteiger partial charge in [0.05, 0.1) is 23.4 Å². The highest BCUT2D eigenvalue weighted by Crippen LogP contribution is 2.40. The van der Waals surface area contributed by atoms with Gasteiger partial charge in [0.1, 0.15) is 5.75 Å². The Labute approximate surface area is 278 Å². The average molecular weight is 656 g/mol. The number of carboxylic acid groups (broad SMARTS) is 1. The molecule has 0 atom stereocenters. The molecule has 11 heteroatoms. The number of nitrogens with zero attached hydrogens (tertiary/aromatic N) is 3. The highest BCUT2D eigenvalue weighted by atomic mass is 28.4. The molecule has 0 radical (unpaired) electrons. The molecular formula is C36H45N5O5Si. The quantitative estimate of drug-likeness (QED) is 0.193. The Morgan fingerprint density at radius 3 is 2.17 bits per heavy atom. The van der Waals surface area contributed by atoms with E-state index in [9.17, 15) is 19.5 Å². The Hall–Kier alpha value is -4.45. The third-order valence-corrected chi connectivity index (χ3v) is 13.8. The molecule has 1 fully saturated rings. The maximum atomic E-state index is 13.5. The van der Waals surface area contributed by atoms with E-state index in [4.69, 9.17) is 4.43 Å². The van der Waals surface area contributed by atoms with Gasteiger partial charge in [0.2, 0.25) is 14.2 Å². The molecule has 0 spiro atoms. The Bertz CT molecular complexity index is 1690. The second-order valence-electron chi connectivity index (χ2n) is 13.9. The van der Waals surface area contributed by atoms with Gasteiger partial charge in [0, 0.05) is 55.9 Å². The molecule has 0 bridgehead atoms. The number of piperazine rings is 1. The van der Waals surface area contributed by atoms with Gasteiger partial charge in [-0.15, -0.1) is 0 Å². The number of rotatable bonds is 9. The lowest BCUT2D eigenvalue weighted by atomic mass is 9.98. The van der Waals surface area contributed by atoms with Crippen LogP contribution >= 0.6 is 0 Å². The number of likely N-dealkylation sites (N-methyl/N-ethyl adjacent to an activating group) is 2. The van der Waals surface area contributed by atoms with E-state index < -0.39 is 14.3 Å². The van der Waals surface area contributed by atoms with Crippen LogP contribution in [0.15, 0.2) is 66.7 Å². The molecule has 0 aliphatic carbocycles. The standard InChI is InChI=1S/C36H45N5O5Si/c1-36(2,3)47(6,7)46-28-15-8-24(9-16-28)33(32-29-22-25(35(44)45)10-17-30(29)38-34(32)43)37-26-11-13-27(14-12-26)40(5)31(42)23-41-20-18-39(4)19-21-41/h8-17,22,37H,18-21,23H2,1-7H3,(H,38,43)(H,44,45). The van der Waals surface area contributed by atoms with Crippen LogP contribution in [0.2, 0.25) is 18.1 Å². The van der Waals surface area contributed by atoms with Crippen molar-refractivity contribution in [3.63, 3.8) is 0 Å². The highest BCUT2D eigenvalue weighted by molar-refractivity contribution is 6.74. The van der Waals surface area contributed by atoms with E-state index in [1.807, 2.05) is 48.5 Å². The van der Waals surface area contributed by atoms with Crippen molar-refractivity contribution >= 4 is 54.4 Å². The number of carboxylic acids is 1. The topological polar surface area (TPSA) is 114 Å². The van der Waals surface area contributed by atoms with Crippen LogP contribution < -0.4 is 20.0 Å². The zero-order chi connectivity index (χ0) is 34.1. The third-order valence-electron chi connectivity index (χ3n) is 9.44. The lowest BCUT2D eigenvalue weighted by Gasteiger charge is -2.36. The molecule has 47 heavy (non-hydrogen) atoms. The number of carbonyl (C=O) groups is 3. The van der Waals surface area contributed by atoms with Gasteiger partial charge < -0.3 is 30.0 Å². The Kier molecular flexibility index (Phi) is 9.62. The van der Waals surface area contributed by atoms with Crippen LogP contribution in [-0.4, -0.2) is 87.8 Å². The van der Waals surface area contributed by atoms with E-state index in [0.717, 1.165) is 43.2 Å². The first-order valence-corrected chi connectivity index (χ1v) is 18.8. The fourth-order valence-electron chi connectivity index (χ4n) is 5.32. The molecule has 2 amide bonds. The van der Waals surface area contributed by atoms with Crippen LogP contribution in [0.3, 0.4) is 0 Å². The predicted molar refractivity (Wildman–Crippen MR) is 191 cm³/mol. The number of nitrogens with one attached hydrogen (secondary N) is 2. The Balaban J connectivity index is 1.45. The van der Waals surface area contributed by atoms with E-state index in [1.165, 1.54) is 12.1 Å². The van der Waals surface area contributed by atoms with Gasteiger partial charge in [0.25, 0.3) is 5.91 Å². The molecule has 3 aromatic rings. The van der Waals surface area contributed by atoms with Crippen molar-refractivity contribution in [2.45, 2.75) is 38.9 Å². The van der Waals surface area contributed by atoms with E-state index in [0.29, 0.717) is 34.8 Å². The molecule has 248 valence electrons. The van der Waals surface area contributed by atoms with E-state index in [2.05, 4.69) is 61.3 Å². The number of hydrogen-bond acceptors (Lipinski definition) is 7. The largest absolute Gasteiger partial charge is 0.544 e. The van der Waals surface area contributed by atoms with Gasteiger partial charge in [-0.05, 0) is 97.5 Å². The van der Waals surface area contributed by atoms with Gasteiger partial charge in [-0.2, -0.15) is 0 Å². The zero-order valence-corrected chi connectivity index (χ0v) is 29.3. The van der Waals surface area contributed by atoms with Gasteiger partial charge in [-0.25, -0.2) is 4.79 Å². The van der Waals surface area contributed by atoms with Gasteiger partial charge in [0.15, 0.2) is 0 Å². The summed E-state index contributed by atoms with van der Waals surface area (Å²) < 4.78 is 6.49. The Morgan fingerprint density at radius 1 is 0.957 bits per heavy atom. The van der Waals surface area contributed by atoms with Crippen molar-refractivity contribution in [2.75, 3.05) is 62.4 Å². The minimum absolute atomic E-state index is 0.0199. The molecular weight excluding hydrogens is 611 g/mol. The lowest BCUT2D eigenvalue weighted by molar-refractivity contribution is -0.119. The first kappa shape index (κ1) is 33.9. The number of fused-ring (bicyclic) bond motifs is 1. The van der Waals surface area contributed by atoms with Crippen molar-refractivity contribution in [1.82, 2.24) is 9.80 Å². The summed E-state index contributed by atoms with van der Waals surface area (Å²) in [5.74, 6) is -0.637. The van der Waals surface area contributed by atoms with Crippen LogP contribution in [0.25, 0.3) is 11.3 Å². The highest BCUT2D eigenvalue weighted by Gasteiger charge is 2.39. The second-order valence-corrected chi connectivity index (χ2v) is 18.6. The molecule has 10 nitrogen and oxygen atoms in total. The van der Waals surface area contributed by atoms with Crippen LogP contribution in [0.4, 0.5) is 17.1 Å². The number of hydrogen-bond donors (Lipinski definition) is 3. The molecule has 3 aromatic carbocycles. The van der Waals surface area contributed by atoms with Crippen LogP contribution in [0.5, 0.6) is 5.75 Å². The average Bonchev–Trinajstić information content (AvgIpc) is 3.35. The van der Waals surface area contributed by atoms with E-state index in [1.54, 1.807) is 18.0 Å². The first-order chi connectivity index (χ1) is 22.1. The van der Waals surface area contributed by atoms with Crippen molar-refractivity contribution in [2.24, 2.45) is 0 Å². The molecule has 0 unspecified atom stereocenters. The van der Waals surface area contributed by atoms with Crippen LogP contribution in [0, 0.1) is 0 Å². The normalized spacial score (nSPS) is 16.7. The molecule has 0 aromatic heterocycles. The van der Waals surface area contributed by atoms with E-state index in [-0.39, 0.29) is 22.4 Å². The van der Waals surface area contributed by atoms with Crippen molar-refractivity contribution < 1.29 is 23.9 Å². The summed E-state index contributed by atoms with van der Waals surface area (Å²) in [4.78, 5) is 44.4. The zero-order valence-electron chi connectivity index (χ0n) is 28.3. The number of carbonyl (C=O) groups excluding carboxylic acids is 2. The number of benzene rings is 3. The lowest BCUT2D eigenvalue weighted by Crippen LogP contribution is -2.48.